The van der Waals surface area contributed by atoms with Gasteiger partial charge in [-0.3, -0.25) is 0 Å². The van der Waals surface area contributed by atoms with E-state index in [0.717, 1.165) is 23.7 Å². The molecule has 4 nitrogen and oxygen atoms in total. The van der Waals surface area contributed by atoms with Gasteiger partial charge in [0.25, 0.3) is 0 Å². The molecule has 0 amide bonds. The number of aryl methyl sites for hydroxylation is 1. The lowest BCUT2D eigenvalue weighted by molar-refractivity contribution is 0.590. The molecule has 0 radical (unpaired) electrons. The minimum atomic E-state index is 0.169. The van der Waals surface area contributed by atoms with Gasteiger partial charge in [-0.2, -0.15) is 4.98 Å². The molecule has 0 spiro atoms. The monoisotopic (exact) mass is 284 g/mol. The van der Waals surface area contributed by atoms with E-state index in [-0.39, 0.29) is 5.41 Å². The zero-order valence-electron chi connectivity index (χ0n) is 13.5. The van der Waals surface area contributed by atoms with Crippen molar-refractivity contribution in [3.8, 4) is 0 Å². The van der Waals surface area contributed by atoms with Crippen LogP contribution < -0.4 is 10.6 Å². The fraction of sp³-hybridized carbons (Fsp3) is 0.412. The third-order valence-electron chi connectivity index (χ3n) is 3.21. The first-order chi connectivity index (χ1) is 9.88. The number of aromatic nitrogens is 2. The fourth-order valence-corrected chi connectivity index (χ4v) is 2.07. The highest BCUT2D eigenvalue weighted by Crippen LogP contribution is 2.24. The molecule has 0 atom stereocenters. The molecule has 0 unspecified atom stereocenters. The topological polar surface area (TPSA) is 49.8 Å². The van der Waals surface area contributed by atoms with Crippen LogP contribution in [0, 0.1) is 6.92 Å². The van der Waals surface area contributed by atoms with Crippen molar-refractivity contribution in [1.29, 1.82) is 0 Å². The SMILES string of the molecule is CCNc1nc(C)cc(Nc2ccc(C(C)(C)C)cc2)n1. The van der Waals surface area contributed by atoms with E-state index in [2.05, 4.69) is 65.6 Å². The van der Waals surface area contributed by atoms with Crippen LogP contribution in [0.25, 0.3) is 0 Å². The molecule has 0 aliphatic heterocycles. The van der Waals surface area contributed by atoms with Crippen LogP contribution in [0.5, 0.6) is 0 Å². The van der Waals surface area contributed by atoms with Crippen LogP contribution in [0.3, 0.4) is 0 Å². The molecule has 0 saturated heterocycles. The van der Waals surface area contributed by atoms with Gasteiger partial charge in [0.2, 0.25) is 5.95 Å². The van der Waals surface area contributed by atoms with E-state index in [1.165, 1.54) is 5.56 Å². The van der Waals surface area contributed by atoms with Crippen molar-refractivity contribution in [2.45, 2.75) is 40.0 Å². The highest BCUT2D eigenvalue weighted by molar-refractivity contribution is 5.58. The Morgan fingerprint density at radius 1 is 1.05 bits per heavy atom. The van der Waals surface area contributed by atoms with Gasteiger partial charge >= 0.3 is 0 Å². The zero-order valence-corrected chi connectivity index (χ0v) is 13.5. The van der Waals surface area contributed by atoms with E-state index in [4.69, 9.17) is 0 Å². The third kappa shape index (κ3) is 4.18. The van der Waals surface area contributed by atoms with Crippen LogP contribution in [0.4, 0.5) is 17.5 Å². The normalized spacial score (nSPS) is 11.3. The molecule has 1 aromatic carbocycles. The molecule has 0 fully saturated rings. The van der Waals surface area contributed by atoms with Crippen molar-refractivity contribution in [3.05, 3.63) is 41.6 Å². The Balaban J connectivity index is 2.18. The molecule has 112 valence electrons. The first kappa shape index (κ1) is 15.3. The Morgan fingerprint density at radius 2 is 1.71 bits per heavy atom. The molecule has 1 heterocycles. The van der Waals surface area contributed by atoms with Crippen LogP contribution in [0.15, 0.2) is 30.3 Å². The van der Waals surface area contributed by atoms with E-state index in [9.17, 15) is 0 Å². The van der Waals surface area contributed by atoms with Gasteiger partial charge in [0.15, 0.2) is 0 Å². The van der Waals surface area contributed by atoms with E-state index in [0.29, 0.717) is 5.95 Å². The summed E-state index contributed by atoms with van der Waals surface area (Å²) in [5, 5.41) is 6.47. The molecule has 21 heavy (non-hydrogen) atoms. The standard InChI is InChI=1S/C17H24N4/c1-6-18-16-19-12(2)11-15(21-16)20-14-9-7-13(8-10-14)17(3,4)5/h7-11H,6H2,1-5H3,(H2,18,19,20,21). The predicted octanol–water partition coefficient (Wildman–Crippen LogP) is 4.26. The summed E-state index contributed by atoms with van der Waals surface area (Å²) in [6.07, 6.45) is 0. The van der Waals surface area contributed by atoms with Gasteiger partial charge in [-0.25, -0.2) is 4.98 Å². The van der Waals surface area contributed by atoms with Crippen molar-refractivity contribution in [1.82, 2.24) is 9.97 Å². The van der Waals surface area contributed by atoms with E-state index in [1.807, 2.05) is 19.9 Å². The molecule has 4 heteroatoms. The summed E-state index contributed by atoms with van der Waals surface area (Å²) in [7, 11) is 0. The van der Waals surface area contributed by atoms with Gasteiger partial charge in [-0.1, -0.05) is 32.9 Å². The lowest BCUT2D eigenvalue weighted by Gasteiger charge is -2.19. The highest BCUT2D eigenvalue weighted by atomic mass is 15.1. The summed E-state index contributed by atoms with van der Waals surface area (Å²) in [6, 6.07) is 10.4. The Hall–Kier alpha value is -2.10. The maximum atomic E-state index is 4.46. The van der Waals surface area contributed by atoms with Crippen LogP contribution in [0.2, 0.25) is 0 Å². The molecule has 0 aliphatic carbocycles. The van der Waals surface area contributed by atoms with Crippen LogP contribution >= 0.6 is 0 Å². The average molecular weight is 284 g/mol. The Labute approximate surface area is 127 Å². The molecule has 2 aromatic rings. The number of hydrogen-bond donors (Lipinski definition) is 2. The van der Waals surface area contributed by atoms with Crippen LogP contribution in [-0.4, -0.2) is 16.5 Å². The molecule has 2 rings (SSSR count). The minimum Gasteiger partial charge on any atom is -0.354 e. The molecular weight excluding hydrogens is 260 g/mol. The number of benzene rings is 1. The van der Waals surface area contributed by atoms with Crippen molar-refractivity contribution in [3.63, 3.8) is 0 Å². The average Bonchev–Trinajstić information content (AvgIpc) is 2.38. The maximum Gasteiger partial charge on any atom is 0.224 e. The number of nitrogens with one attached hydrogen (secondary N) is 2. The molecule has 1 aromatic heterocycles. The Bertz CT molecular complexity index is 597. The summed E-state index contributed by atoms with van der Waals surface area (Å²) in [4.78, 5) is 8.81. The van der Waals surface area contributed by atoms with Crippen LogP contribution in [-0.2, 0) is 5.41 Å². The number of hydrogen-bond acceptors (Lipinski definition) is 4. The van der Waals surface area contributed by atoms with Crippen molar-refractivity contribution < 1.29 is 0 Å². The van der Waals surface area contributed by atoms with Gasteiger partial charge in [-0.15, -0.1) is 0 Å². The Morgan fingerprint density at radius 3 is 2.29 bits per heavy atom. The summed E-state index contributed by atoms with van der Waals surface area (Å²) >= 11 is 0. The lowest BCUT2D eigenvalue weighted by Crippen LogP contribution is -2.10. The number of anilines is 3. The summed E-state index contributed by atoms with van der Waals surface area (Å²) in [5.74, 6) is 1.47. The Kier molecular flexibility index (Phi) is 4.46. The van der Waals surface area contributed by atoms with E-state index < -0.39 is 0 Å². The minimum absolute atomic E-state index is 0.169. The van der Waals surface area contributed by atoms with Gasteiger partial charge in [0.05, 0.1) is 0 Å². The largest absolute Gasteiger partial charge is 0.354 e. The summed E-state index contributed by atoms with van der Waals surface area (Å²) in [5.41, 5.74) is 3.46. The number of nitrogens with zero attached hydrogens (tertiary/aromatic N) is 2. The second-order valence-electron chi connectivity index (χ2n) is 6.20. The van der Waals surface area contributed by atoms with Gasteiger partial charge in [-0.05, 0) is 37.0 Å². The van der Waals surface area contributed by atoms with Crippen molar-refractivity contribution in [2.75, 3.05) is 17.2 Å². The lowest BCUT2D eigenvalue weighted by atomic mass is 9.87. The molecule has 0 aliphatic rings. The predicted molar refractivity (Wildman–Crippen MR) is 89.4 cm³/mol. The smallest absolute Gasteiger partial charge is 0.224 e. The zero-order chi connectivity index (χ0) is 15.5. The summed E-state index contributed by atoms with van der Waals surface area (Å²) in [6.45, 7) is 11.5. The fourth-order valence-electron chi connectivity index (χ4n) is 2.07. The summed E-state index contributed by atoms with van der Waals surface area (Å²) < 4.78 is 0. The van der Waals surface area contributed by atoms with Crippen molar-refractivity contribution in [2.24, 2.45) is 0 Å². The van der Waals surface area contributed by atoms with E-state index >= 15 is 0 Å². The number of rotatable bonds is 4. The quantitative estimate of drug-likeness (QED) is 0.881. The molecular formula is C17H24N4. The van der Waals surface area contributed by atoms with Crippen LogP contribution in [0.1, 0.15) is 39.0 Å². The molecule has 2 N–H and O–H groups in total. The van der Waals surface area contributed by atoms with Gasteiger partial charge in [0, 0.05) is 24.0 Å². The first-order valence-corrected chi connectivity index (χ1v) is 7.35. The van der Waals surface area contributed by atoms with Gasteiger partial charge < -0.3 is 10.6 Å². The molecule has 0 saturated carbocycles. The second-order valence-corrected chi connectivity index (χ2v) is 6.20. The maximum absolute atomic E-state index is 4.46. The molecule has 0 bridgehead atoms. The van der Waals surface area contributed by atoms with Crippen molar-refractivity contribution >= 4 is 17.5 Å². The van der Waals surface area contributed by atoms with E-state index in [1.54, 1.807) is 0 Å². The third-order valence-corrected chi connectivity index (χ3v) is 3.21. The van der Waals surface area contributed by atoms with Gasteiger partial charge in [0.1, 0.15) is 5.82 Å². The first-order valence-electron chi connectivity index (χ1n) is 7.35. The second kappa shape index (κ2) is 6.12. The highest BCUT2D eigenvalue weighted by Gasteiger charge is 2.12.